The van der Waals surface area contributed by atoms with Gasteiger partial charge in [-0.3, -0.25) is 4.79 Å². The Hall–Kier alpha value is -1.60. The average molecular weight is 312 g/mol. The zero-order chi connectivity index (χ0) is 15.6. The van der Waals surface area contributed by atoms with Gasteiger partial charge in [0.15, 0.2) is 0 Å². The summed E-state index contributed by atoms with van der Waals surface area (Å²) < 4.78 is 32.1. The first-order valence-corrected chi connectivity index (χ1v) is 8.27. The minimum Gasteiger partial charge on any atom is -0.495 e. The number of nitrogens with two attached hydrogens (primary N) is 1. The smallest absolute Gasteiger partial charge is 0.247 e. The molecule has 1 aromatic carbocycles. The van der Waals surface area contributed by atoms with Crippen LogP contribution in [0.1, 0.15) is 24.8 Å². The predicted molar refractivity (Wildman–Crippen MR) is 78.5 cm³/mol. The van der Waals surface area contributed by atoms with E-state index in [2.05, 4.69) is 0 Å². The lowest BCUT2D eigenvalue weighted by atomic mass is 10.0. The molecule has 1 atom stereocenters. The molecule has 0 aromatic heterocycles. The topological polar surface area (TPSA) is 89.7 Å². The minimum absolute atomic E-state index is 0.0816. The Balaban J connectivity index is 2.50. The minimum atomic E-state index is -3.81. The summed E-state index contributed by atoms with van der Waals surface area (Å²) in [4.78, 5) is 11.6. The van der Waals surface area contributed by atoms with Gasteiger partial charge in [0.2, 0.25) is 15.9 Å². The van der Waals surface area contributed by atoms with Gasteiger partial charge in [-0.25, -0.2) is 8.42 Å². The number of primary amides is 1. The molecule has 0 saturated carbocycles. The number of rotatable bonds is 4. The normalized spacial score (nSPS) is 20.2. The molecule has 1 heterocycles. The quantitative estimate of drug-likeness (QED) is 0.899. The molecule has 1 aromatic rings. The van der Waals surface area contributed by atoms with Crippen LogP contribution in [-0.2, 0) is 14.8 Å². The number of nitrogens with zero attached hydrogens (tertiary/aromatic N) is 1. The van der Waals surface area contributed by atoms with Crippen molar-refractivity contribution in [2.45, 2.75) is 37.1 Å². The number of carbonyl (C=O) groups excluding carboxylic acids is 1. The molecule has 1 saturated heterocycles. The molecule has 0 radical (unpaired) electrons. The Morgan fingerprint density at radius 2 is 2.10 bits per heavy atom. The number of piperidine rings is 1. The van der Waals surface area contributed by atoms with Crippen molar-refractivity contribution in [3.05, 3.63) is 23.8 Å². The van der Waals surface area contributed by atoms with E-state index in [4.69, 9.17) is 10.5 Å². The van der Waals surface area contributed by atoms with Gasteiger partial charge in [-0.15, -0.1) is 0 Å². The molecule has 2 rings (SSSR count). The summed E-state index contributed by atoms with van der Waals surface area (Å²) in [5.41, 5.74) is 6.16. The monoisotopic (exact) mass is 312 g/mol. The van der Waals surface area contributed by atoms with E-state index >= 15 is 0 Å². The van der Waals surface area contributed by atoms with Crippen LogP contribution in [0.25, 0.3) is 0 Å². The van der Waals surface area contributed by atoms with Gasteiger partial charge >= 0.3 is 0 Å². The third-order valence-corrected chi connectivity index (χ3v) is 5.62. The van der Waals surface area contributed by atoms with Crippen molar-refractivity contribution in [3.8, 4) is 5.75 Å². The molecule has 1 aliphatic heterocycles. The van der Waals surface area contributed by atoms with Gasteiger partial charge in [-0.05, 0) is 37.5 Å². The molecule has 0 bridgehead atoms. The fraction of sp³-hybridized carbons (Fsp3) is 0.500. The molecule has 6 nitrogen and oxygen atoms in total. The van der Waals surface area contributed by atoms with Crippen molar-refractivity contribution in [1.82, 2.24) is 4.31 Å². The molecule has 1 fully saturated rings. The largest absolute Gasteiger partial charge is 0.495 e. The summed E-state index contributed by atoms with van der Waals surface area (Å²) in [6, 6.07) is 4.17. The third kappa shape index (κ3) is 3.03. The molecule has 116 valence electrons. The van der Waals surface area contributed by atoms with Gasteiger partial charge in [0.05, 0.1) is 7.11 Å². The van der Waals surface area contributed by atoms with E-state index in [0.29, 0.717) is 13.0 Å². The van der Waals surface area contributed by atoms with Crippen LogP contribution < -0.4 is 10.5 Å². The van der Waals surface area contributed by atoms with Crippen molar-refractivity contribution in [3.63, 3.8) is 0 Å². The van der Waals surface area contributed by atoms with Gasteiger partial charge in [0.1, 0.15) is 16.7 Å². The van der Waals surface area contributed by atoms with Crippen molar-refractivity contribution in [2.75, 3.05) is 13.7 Å². The highest BCUT2D eigenvalue weighted by Crippen LogP contribution is 2.31. The number of hydrogen-bond acceptors (Lipinski definition) is 4. The second-order valence-corrected chi connectivity index (χ2v) is 7.04. The molecule has 0 unspecified atom stereocenters. The number of aryl methyl sites for hydroxylation is 1. The van der Waals surface area contributed by atoms with E-state index in [9.17, 15) is 13.2 Å². The van der Waals surface area contributed by atoms with Gasteiger partial charge in [0, 0.05) is 6.54 Å². The Bertz CT molecular complexity index is 642. The fourth-order valence-electron chi connectivity index (χ4n) is 2.59. The standard InChI is InChI=1S/C14H20N2O4S/c1-10-6-7-12(20-2)13(9-10)21(18,19)16-8-4-3-5-11(16)14(15)17/h6-7,9,11H,3-5,8H2,1-2H3,(H2,15,17)/t11-/m0/s1. The summed E-state index contributed by atoms with van der Waals surface area (Å²) in [6.07, 6.45) is 1.98. The number of hydrogen-bond donors (Lipinski definition) is 1. The molecular weight excluding hydrogens is 292 g/mol. The van der Waals surface area contributed by atoms with Crippen LogP contribution >= 0.6 is 0 Å². The SMILES string of the molecule is COc1ccc(C)cc1S(=O)(=O)N1CCCC[C@H]1C(N)=O. The lowest BCUT2D eigenvalue weighted by Gasteiger charge is -2.32. The van der Waals surface area contributed by atoms with Crippen LogP contribution in [0.5, 0.6) is 5.75 Å². The van der Waals surface area contributed by atoms with Crippen LogP contribution in [0, 0.1) is 6.92 Å². The summed E-state index contributed by atoms with van der Waals surface area (Å²) in [5, 5.41) is 0. The van der Waals surface area contributed by atoms with Gasteiger partial charge in [-0.1, -0.05) is 12.5 Å². The second-order valence-electron chi connectivity index (χ2n) is 5.18. The third-order valence-electron chi connectivity index (χ3n) is 3.69. The Morgan fingerprint density at radius 1 is 1.38 bits per heavy atom. The highest BCUT2D eigenvalue weighted by atomic mass is 32.2. The summed E-state index contributed by atoms with van der Waals surface area (Å²) >= 11 is 0. The molecule has 21 heavy (non-hydrogen) atoms. The number of ether oxygens (including phenoxy) is 1. The lowest BCUT2D eigenvalue weighted by molar-refractivity contribution is -0.122. The van der Waals surface area contributed by atoms with Gasteiger partial charge in [0.25, 0.3) is 0 Å². The van der Waals surface area contributed by atoms with Crippen LogP contribution in [0.2, 0.25) is 0 Å². The maximum Gasteiger partial charge on any atom is 0.247 e. The molecule has 2 N–H and O–H groups in total. The number of methoxy groups -OCH3 is 1. The molecule has 0 spiro atoms. The summed E-state index contributed by atoms with van der Waals surface area (Å²) in [7, 11) is -2.39. The maximum absolute atomic E-state index is 12.9. The van der Waals surface area contributed by atoms with Crippen LogP contribution in [-0.4, -0.2) is 38.3 Å². The number of benzene rings is 1. The van der Waals surface area contributed by atoms with E-state index in [1.54, 1.807) is 25.1 Å². The maximum atomic E-state index is 12.9. The second kappa shape index (κ2) is 6.03. The first kappa shape index (κ1) is 15.8. The van der Waals surface area contributed by atoms with E-state index < -0.39 is 22.0 Å². The summed E-state index contributed by atoms with van der Waals surface area (Å²) in [5.74, 6) is -0.334. The molecule has 1 aliphatic rings. The van der Waals surface area contributed by atoms with E-state index in [1.807, 2.05) is 0 Å². The van der Waals surface area contributed by atoms with E-state index in [-0.39, 0.29) is 10.6 Å². The van der Waals surface area contributed by atoms with E-state index in [0.717, 1.165) is 18.4 Å². The lowest BCUT2D eigenvalue weighted by Crippen LogP contribution is -2.50. The van der Waals surface area contributed by atoms with Gasteiger partial charge in [-0.2, -0.15) is 4.31 Å². The average Bonchev–Trinajstić information content (AvgIpc) is 2.47. The van der Waals surface area contributed by atoms with Crippen LogP contribution in [0.15, 0.2) is 23.1 Å². The Labute approximate surface area is 124 Å². The molecule has 1 amide bonds. The van der Waals surface area contributed by atoms with Gasteiger partial charge < -0.3 is 10.5 Å². The number of carbonyl (C=O) groups is 1. The highest BCUT2D eigenvalue weighted by Gasteiger charge is 2.37. The zero-order valence-electron chi connectivity index (χ0n) is 12.2. The first-order valence-electron chi connectivity index (χ1n) is 6.83. The molecule has 0 aliphatic carbocycles. The highest BCUT2D eigenvalue weighted by molar-refractivity contribution is 7.89. The van der Waals surface area contributed by atoms with Crippen molar-refractivity contribution < 1.29 is 17.9 Å². The van der Waals surface area contributed by atoms with Crippen molar-refractivity contribution >= 4 is 15.9 Å². The fourth-order valence-corrected chi connectivity index (χ4v) is 4.50. The Morgan fingerprint density at radius 3 is 2.71 bits per heavy atom. The molecular formula is C14H20N2O4S. The number of sulfonamides is 1. The van der Waals surface area contributed by atoms with Crippen molar-refractivity contribution in [2.24, 2.45) is 5.73 Å². The predicted octanol–water partition coefficient (Wildman–Crippen LogP) is 1.03. The van der Waals surface area contributed by atoms with E-state index in [1.165, 1.54) is 11.4 Å². The zero-order valence-corrected chi connectivity index (χ0v) is 13.0. The van der Waals surface area contributed by atoms with Crippen molar-refractivity contribution in [1.29, 1.82) is 0 Å². The Kier molecular flexibility index (Phi) is 4.53. The van der Waals surface area contributed by atoms with Crippen LogP contribution in [0.3, 0.4) is 0 Å². The van der Waals surface area contributed by atoms with Crippen LogP contribution in [0.4, 0.5) is 0 Å². The number of amides is 1. The first-order chi connectivity index (χ1) is 9.87. The summed E-state index contributed by atoms with van der Waals surface area (Å²) in [6.45, 7) is 2.10. The molecule has 7 heteroatoms.